The topological polar surface area (TPSA) is 82.0 Å². The van der Waals surface area contributed by atoms with E-state index in [1.807, 2.05) is 30.3 Å². The third-order valence-electron chi connectivity index (χ3n) is 6.86. The van der Waals surface area contributed by atoms with Gasteiger partial charge in [0.1, 0.15) is 5.69 Å². The number of piperazine rings is 2. The lowest BCUT2D eigenvalue weighted by Gasteiger charge is -2.39. The lowest BCUT2D eigenvalue weighted by molar-refractivity contribution is 0.312. The molecule has 9 nitrogen and oxygen atoms in total. The molecule has 0 radical (unpaired) electrons. The third kappa shape index (κ3) is 5.35. The molecule has 3 aromatic rings. The van der Waals surface area contributed by atoms with Gasteiger partial charge in [0.15, 0.2) is 0 Å². The van der Waals surface area contributed by atoms with Crippen LogP contribution < -0.4 is 15.4 Å². The predicted octanol–water partition coefficient (Wildman–Crippen LogP) is 3.02. The van der Waals surface area contributed by atoms with Gasteiger partial charge in [0.05, 0.1) is 22.5 Å². The molecule has 0 atom stereocenters. The van der Waals surface area contributed by atoms with Crippen molar-refractivity contribution in [3.63, 3.8) is 0 Å². The molecule has 196 valence electrons. The highest BCUT2D eigenvalue weighted by Gasteiger charge is 2.32. The normalized spacial score (nSPS) is 17.8. The molecule has 0 aliphatic carbocycles. The zero-order valence-electron chi connectivity index (χ0n) is 20.4. The second-order valence-corrected chi connectivity index (χ2v) is 12.8. The molecule has 12 heteroatoms. The molecule has 0 N–H and O–H groups in total. The molecule has 3 heterocycles. The fourth-order valence-electron chi connectivity index (χ4n) is 4.70. The number of para-hydroxylation sites is 1. The van der Waals surface area contributed by atoms with Gasteiger partial charge < -0.3 is 14.7 Å². The summed E-state index contributed by atoms with van der Waals surface area (Å²) < 4.78 is 31.0. The van der Waals surface area contributed by atoms with E-state index in [9.17, 15) is 13.2 Å². The Labute approximate surface area is 233 Å². The van der Waals surface area contributed by atoms with E-state index >= 15 is 0 Å². The largest absolute Gasteiger partial charge is 0.366 e. The second kappa shape index (κ2) is 10.9. The van der Waals surface area contributed by atoms with Crippen molar-refractivity contribution in [3.8, 4) is 5.69 Å². The van der Waals surface area contributed by atoms with Crippen molar-refractivity contribution >= 4 is 53.3 Å². The summed E-state index contributed by atoms with van der Waals surface area (Å²) in [7, 11) is -1.56. The van der Waals surface area contributed by atoms with E-state index in [0.29, 0.717) is 42.0 Å². The summed E-state index contributed by atoms with van der Waals surface area (Å²) in [6, 6.07) is 14.4. The van der Waals surface area contributed by atoms with Gasteiger partial charge >= 0.3 is 0 Å². The second-order valence-electron chi connectivity index (χ2n) is 9.19. The van der Waals surface area contributed by atoms with Crippen molar-refractivity contribution in [2.45, 2.75) is 4.90 Å². The van der Waals surface area contributed by atoms with Gasteiger partial charge in [0.2, 0.25) is 10.0 Å². The van der Waals surface area contributed by atoms with Crippen molar-refractivity contribution in [1.82, 2.24) is 19.0 Å². The first kappa shape index (κ1) is 26.4. The van der Waals surface area contributed by atoms with Gasteiger partial charge in [-0.05, 0) is 69.2 Å². The first-order valence-corrected chi connectivity index (χ1v) is 15.1. The molecular weight excluding hydrogens is 624 g/mol. The van der Waals surface area contributed by atoms with Crippen LogP contribution in [0.1, 0.15) is 0 Å². The lowest BCUT2D eigenvalue weighted by Crippen LogP contribution is -2.51. The zero-order valence-corrected chi connectivity index (χ0v) is 24.4. The maximum atomic E-state index is 13.8. The summed E-state index contributed by atoms with van der Waals surface area (Å²) in [6.45, 7) is 4.78. The summed E-state index contributed by atoms with van der Waals surface area (Å²) in [5.74, 6) is 0. The number of sulfonamides is 1. The van der Waals surface area contributed by atoms with Crippen LogP contribution in [-0.4, -0.2) is 86.8 Å². The van der Waals surface area contributed by atoms with Crippen LogP contribution in [0.4, 0.5) is 11.4 Å². The Morgan fingerprint density at radius 2 is 1.46 bits per heavy atom. The molecule has 0 bridgehead atoms. The molecule has 2 aliphatic heterocycles. The average Bonchev–Trinajstić information content (AvgIpc) is 2.91. The van der Waals surface area contributed by atoms with Crippen molar-refractivity contribution in [2.24, 2.45) is 0 Å². The number of hydrogen-bond acceptors (Lipinski definition) is 7. The summed E-state index contributed by atoms with van der Waals surface area (Å²) in [4.78, 5) is 20.5. The fraction of sp³-hybridized carbons (Fsp3) is 0.360. The van der Waals surface area contributed by atoms with Crippen LogP contribution in [0, 0.1) is 0 Å². The SMILES string of the molecule is CN1CCN(c2c(N3CCN(S(=O)(=O)c4ccc(Br)c(Br)c4)CC3)cnn(-c3ccccc3)c2=O)CC1. The van der Waals surface area contributed by atoms with Crippen LogP contribution in [0.5, 0.6) is 0 Å². The molecular formula is C25H28Br2N6O3S. The molecule has 5 rings (SSSR count). The number of halogens is 2. The highest BCUT2D eigenvalue weighted by Crippen LogP contribution is 2.30. The van der Waals surface area contributed by atoms with Gasteiger partial charge in [-0.3, -0.25) is 4.79 Å². The molecule has 2 fully saturated rings. The van der Waals surface area contributed by atoms with Crippen molar-refractivity contribution in [2.75, 3.05) is 69.2 Å². The average molecular weight is 652 g/mol. The van der Waals surface area contributed by atoms with Crippen LogP contribution >= 0.6 is 31.9 Å². The number of aromatic nitrogens is 2. The highest BCUT2D eigenvalue weighted by molar-refractivity contribution is 9.13. The minimum Gasteiger partial charge on any atom is -0.366 e. The van der Waals surface area contributed by atoms with E-state index in [1.165, 1.54) is 8.99 Å². The van der Waals surface area contributed by atoms with Gasteiger partial charge in [-0.2, -0.15) is 14.1 Å². The quantitative estimate of drug-likeness (QED) is 0.420. The van der Waals surface area contributed by atoms with E-state index in [2.05, 4.69) is 58.7 Å². The Balaban J connectivity index is 1.43. The standard InChI is InChI=1S/C25H28Br2N6O3S/c1-29-9-11-31(12-10-29)24-23(18-28-33(25(24)34)19-5-3-2-4-6-19)30-13-15-32(16-14-30)37(35,36)20-7-8-21(26)22(27)17-20/h2-8,17-18H,9-16H2,1H3. The lowest BCUT2D eigenvalue weighted by atomic mass is 10.2. The monoisotopic (exact) mass is 650 g/mol. The molecule has 0 amide bonds. The maximum absolute atomic E-state index is 13.8. The predicted molar refractivity (Wildman–Crippen MR) is 152 cm³/mol. The van der Waals surface area contributed by atoms with Crippen LogP contribution in [0.25, 0.3) is 5.69 Å². The van der Waals surface area contributed by atoms with E-state index in [-0.39, 0.29) is 10.5 Å². The number of rotatable bonds is 5. The Morgan fingerprint density at radius 1 is 0.811 bits per heavy atom. The van der Waals surface area contributed by atoms with E-state index in [4.69, 9.17) is 0 Å². The van der Waals surface area contributed by atoms with Gasteiger partial charge in [-0.25, -0.2) is 8.42 Å². The van der Waals surface area contributed by atoms with Crippen molar-refractivity contribution in [1.29, 1.82) is 0 Å². The van der Waals surface area contributed by atoms with Crippen LogP contribution in [0.3, 0.4) is 0 Å². The molecule has 2 aliphatic rings. The number of hydrogen-bond donors (Lipinski definition) is 0. The Hall–Kier alpha value is -2.25. The van der Waals surface area contributed by atoms with Crippen LogP contribution in [0.15, 0.2) is 73.4 Å². The maximum Gasteiger partial charge on any atom is 0.297 e. The highest BCUT2D eigenvalue weighted by atomic mass is 79.9. The molecule has 2 aromatic carbocycles. The summed E-state index contributed by atoms with van der Waals surface area (Å²) in [5, 5.41) is 4.51. The number of anilines is 2. The minimum absolute atomic E-state index is 0.164. The summed E-state index contributed by atoms with van der Waals surface area (Å²) >= 11 is 6.79. The first-order chi connectivity index (χ1) is 17.8. The molecule has 0 unspecified atom stereocenters. The Kier molecular flexibility index (Phi) is 7.73. The molecule has 0 spiro atoms. The smallest absolute Gasteiger partial charge is 0.297 e. The van der Waals surface area contributed by atoms with Gasteiger partial charge in [0.25, 0.3) is 5.56 Å². The Bertz CT molecular complexity index is 1430. The minimum atomic E-state index is -3.64. The zero-order chi connectivity index (χ0) is 26.2. The van der Waals surface area contributed by atoms with Gasteiger partial charge in [-0.1, -0.05) is 18.2 Å². The first-order valence-electron chi connectivity index (χ1n) is 12.1. The fourth-order valence-corrected chi connectivity index (χ4v) is 6.93. The summed E-state index contributed by atoms with van der Waals surface area (Å²) in [6.07, 6.45) is 1.75. The van der Waals surface area contributed by atoms with Crippen LogP contribution in [0.2, 0.25) is 0 Å². The third-order valence-corrected chi connectivity index (χ3v) is 10.6. The molecule has 0 saturated carbocycles. The van der Waals surface area contributed by atoms with Crippen molar-refractivity contribution < 1.29 is 8.42 Å². The van der Waals surface area contributed by atoms with Gasteiger partial charge in [-0.15, -0.1) is 0 Å². The number of nitrogens with zero attached hydrogens (tertiary/aromatic N) is 6. The van der Waals surface area contributed by atoms with E-state index in [1.54, 1.807) is 24.4 Å². The van der Waals surface area contributed by atoms with E-state index in [0.717, 1.165) is 36.3 Å². The summed E-state index contributed by atoms with van der Waals surface area (Å²) in [5.41, 5.74) is 1.93. The van der Waals surface area contributed by atoms with E-state index < -0.39 is 10.0 Å². The number of benzene rings is 2. The number of likely N-dealkylation sites (N-methyl/N-ethyl adjacent to an activating group) is 1. The van der Waals surface area contributed by atoms with Gasteiger partial charge in [0, 0.05) is 61.3 Å². The van der Waals surface area contributed by atoms with Crippen LogP contribution in [-0.2, 0) is 10.0 Å². The Morgan fingerprint density at radius 3 is 2.11 bits per heavy atom. The van der Waals surface area contributed by atoms with Crippen molar-refractivity contribution in [3.05, 3.63) is 74.0 Å². The molecule has 1 aromatic heterocycles. The molecule has 37 heavy (non-hydrogen) atoms. The molecule has 2 saturated heterocycles.